The number of carbonyl (C=O) groups is 4. The van der Waals surface area contributed by atoms with Gasteiger partial charge in [0.25, 0.3) is 0 Å². The standard InChI is InChI=1S/C44H74N4O4/c49-37-41(27-17-13-18-28-41)45-42(29-19-14-20-30-42)38(50)47(37)35-25-11-9-7-5-3-1-2-4-6-8-10-12-26-36-48-39(51)43(31-21-15-22-32-43)46-44(40(48)52)33-23-16-24-34-44/h45-46H,1-36H2. The molecule has 294 valence electrons. The van der Waals surface area contributed by atoms with Crippen molar-refractivity contribution in [3.05, 3.63) is 0 Å². The minimum atomic E-state index is -0.492. The highest BCUT2D eigenvalue weighted by molar-refractivity contribution is 6.07. The summed E-state index contributed by atoms with van der Waals surface area (Å²) in [4.78, 5) is 58.3. The Bertz CT molecular complexity index is 1030. The van der Waals surface area contributed by atoms with Gasteiger partial charge in [-0.15, -0.1) is 0 Å². The van der Waals surface area contributed by atoms with Crippen molar-refractivity contribution in [2.24, 2.45) is 0 Å². The maximum atomic E-state index is 13.7. The van der Waals surface area contributed by atoms with E-state index in [-0.39, 0.29) is 23.6 Å². The summed E-state index contributed by atoms with van der Waals surface area (Å²) in [5.41, 5.74) is -1.97. The average Bonchev–Trinajstić information content (AvgIpc) is 3.17. The van der Waals surface area contributed by atoms with E-state index in [4.69, 9.17) is 0 Å². The Morgan fingerprint density at radius 3 is 0.712 bits per heavy atom. The molecule has 0 bridgehead atoms. The van der Waals surface area contributed by atoms with Crippen LogP contribution in [0.2, 0.25) is 0 Å². The first-order valence-corrected chi connectivity index (χ1v) is 22.7. The van der Waals surface area contributed by atoms with Gasteiger partial charge in [0, 0.05) is 13.1 Å². The fraction of sp³-hybridized carbons (Fsp3) is 0.909. The molecule has 8 nitrogen and oxygen atoms in total. The van der Waals surface area contributed by atoms with Crippen LogP contribution in [0.15, 0.2) is 0 Å². The molecule has 2 aliphatic heterocycles. The topological polar surface area (TPSA) is 98.8 Å². The van der Waals surface area contributed by atoms with Crippen molar-refractivity contribution in [3.63, 3.8) is 0 Å². The normalized spacial score (nSPS) is 25.5. The first-order valence-electron chi connectivity index (χ1n) is 22.7. The van der Waals surface area contributed by atoms with Gasteiger partial charge in [-0.1, -0.05) is 154 Å². The second kappa shape index (κ2) is 18.7. The zero-order valence-corrected chi connectivity index (χ0v) is 33.0. The van der Waals surface area contributed by atoms with Crippen molar-refractivity contribution in [1.82, 2.24) is 20.4 Å². The smallest absolute Gasteiger partial charge is 0.249 e. The van der Waals surface area contributed by atoms with Gasteiger partial charge in [0.1, 0.15) is 0 Å². The van der Waals surface area contributed by atoms with Crippen LogP contribution in [0, 0.1) is 0 Å². The number of unbranched alkanes of at least 4 members (excludes halogenated alkanes) is 13. The number of piperazine rings is 2. The van der Waals surface area contributed by atoms with Gasteiger partial charge in [-0.25, -0.2) is 0 Å². The van der Waals surface area contributed by atoms with Gasteiger partial charge in [-0.05, 0) is 64.2 Å². The highest BCUT2D eigenvalue weighted by Gasteiger charge is 2.59. The van der Waals surface area contributed by atoms with Gasteiger partial charge in [-0.2, -0.15) is 0 Å². The SMILES string of the molecule is O=C1N(CCCCCCCCCCCCCCCCN2C(=O)C3(CCCCC3)NC3(CCCCC3)C2=O)C(=O)C2(CCCCC2)NC12CCCCC2. The Morgan fingerprint density at radius 1 is 0.308 bits per heavy atom. The van der Waals surface area contributed by atoms with Gasteiger partial charge in [0.05, 0.1) is 22.2 Å². The fourth-order valence-electron chi connectivity index (χ4n) is 11.4. The third-order valence-electron chi connectivity index (χ3n) is 14.4. The molecule has 4 amide bonds. The molecule has 0 radical (unpaired) electrons. The second-order valence-corrected chi connectivity index (χ2v) is 18.3. The van der Waals surface area contributed by atoms with Crippen molar-refractivity contribution in [1.29, 1.82) is 0 Å². The summed E-state index contributed by atoms with van der Waals surface area (Å²) in [5.74, 6) is 0.320. The number of imide groups is 2. The first-order chi connectivity index (χ1) is 25.4. The van der Waals surface area contributed by atoms with Crippen LogP contribution in [-0.4, -0.2) is 68.7 Å². The molecule has 4 saturated carbocycles. The third kappa shape index (κ3) is 9.01. The highest BCUT2D eigenvalue weighted by Crippen LogP contribution is 2.43. The zero-order valence-electron chi connectivity index (χ0n) is 33.0. The van der Waals surface area contributed by atoms with Gasteiger partial charge in [0.2, 0.25) is 23.6 Å². The van der Waals surface area contributed by atoms with E-state index < -0.39 is 22.2 Å². The summed E-state index contributed by atoms with van der Waals surface area (Å²) in [5, 5.41) is 7.47. The minimum Gasteiger partial charge on any atom is -0.290 e. The molecule has 52 heavy (non-hydrogen) atoms. The molecular weight excluding hydrogens is 649 g/mol. The molecule has 4 aliphatic carbocycles. The lowest BCUT2D eigenvalue weighted by molar-refractivity contribution is -0.166. The molecule has 6 rings (SSSR count). The largest absolute Gasteiger partial charge is 0.290 e. The van der Waals surface area contributed by atoms with Gasteiger partial charge in [0.15, 0.2) is 0 Å². The third-order valence-corrected chi connectivity index (χ3v) is 14.4. The monoisotopic (exact) mass is 723 g/mol. The van der Waals surface area contributed by atoms with E-state index in [2.05, 4.69) is 10.6 Å². The quantitative estimate of drug-likeness (QED) is 0.115. The van der Waals surface area contributed by atoms with Crippen LogP contribution in [-0.2, 0) is 19.2 Å². The number of amides is 4. The Morgan fingerprint density at radius 2 is 0.500 bits per heavy atom. The molecule has 0 unspecified atom stereocenters. The van der Waals surface area contributed by atoms with E-state index in [0.29, 0.717) is 13.1 Å². The van der Waals surface area contributed by atoms with Crippen LogP contribution < -0.4 is 10.6 Å². The molecule has 4 spiro atoms. The number of hydrogen-bond acceptors (Lipinski definition) is 6. The molecule has 2 heterocycles. The molecule has 8 heteroatoms. The average molecular weight is 723 g/mol. The lowest BCUT2D eigenvalue weighted by atomic mass is 9.71. The van der Waals surface area contributed by atoms with E-state index in [0.717, 1.165) is 128 Å². The van der Waals surface area contributed by atoms with Crippen LogP contribution in [0.1, 0.15) is 218 Å². The number of nitrogens with one attached hydrogen (secondary N) is 2. The van der Waals surface area contributed by atoms with Crippen molar-refractivity contribution >= 4 is 23.6 Å². The van der Waals surface area contributed by atoms with E-state index in [1.165, 1.54) is 89.9 Å². The summed E-state index contributed by atoms with van der Waals surface area (Å²) >= 11 is 0. The molecule has 2 N–H and O–H groups in total. The van der Waals surface area contributed by atoms with E-state index >= 15 is 0 Å². The van der Waals surface area contributed by atoms with E-state index in [1.807, 2.05) is 0 Å². The lowest BCUT2D eigenvalue weighted by Gasteiger charge is -2.53. The van der Waals surface area contributed by atoms with Gasteiger partial charge >= 0.3 is 0 Å². The summed E-state index contributed by atoms with van der Waals surface area (Å²) in [6, 6.07) is 0. The van der Waals surface area contributed by atoms with Crippen molar-refractivity contribution in [2.45, 2.75) is 240 Å². The first kappa shape index (κ1) is 39.9. The molecule has 6 fully saturated rings. The van der Waals surface area contributed by atoms with Crippen LogP contribution >= 0.6 is 0 Å². The number of nitrogens with zero attached hydrogens (tertiary/aromatic N) is 2. The molecule has 0 aromatic rings. The predicted octanol–water partition coefficient (Wildman–Crippen LogP) is 9.18. The molecule has 0 aromatic carbocycles. The predicted molar refractivity (Wildman–Crippen MR) is 208 cm³/mol. The Kier molecular flexibility index (Phi) is 14.3. The van der Waals surface area contributed by atoms with E-state index in [1.54, 1.807) is 9.80 Å². The zero-order chi connectivity index (χ0) is 36.3. The van der Waals surface area contributed by atoms with E-state index in [9.17, 15) is 19.2 Å². The summed E-state index contributed by atoms with van der Waals surface area (Å²) in [7, 11) is 0. The summed E-state index contributed by atoms with van der Waals surface area (Å²) < 4.78 is 0. The molecule has 0 aromatic heterocycles. The second-order valence-electron chi connectivity index (χ2n) is 18.3. The van der Waals surface area contributed by atoms with Gasteiger partial charge < -0.3 is 0 Å². The Balaban J connectivity index is 0.795. The lowest BCUT2D eigenvalue weighted by Crippen LogP contribution is -2.76. The molecular formula is C44H74N4O4. The maximum Gasteiger partial charge on any atom is 0.249 e. The van der Waals surface area contributed by atoms with Crippen molar-refractivity contribution < 1.29 is 19.2 Å². The summed E-state index contributed by atoms with van der Waals surface area (Å²) in [6.07, 6.45) is 37.4. The Labute approximate surface area is 316 Å². The van der Waals surface area contributed by atoms with Crippen LogP contribution in [0.5, 0.6) is 0 Å². The molecule has 2 saturated heterocycles. The number of rotatable bonds is 17. The Hall–Kier alpha value is -1.80. The summed E-state index contributed by atoms with van der Waals surface area (Å²) in [6.45, 7) is 1.21. The minimum absolute atomic E-state index is 0.0799. The number of hydrogen-bond donors (Lipinski definition) is 2. The van der Waals surface area contributed by atoms with Crippen molar-refractivity contribution in [3.8, 4) is 0 Å². The number of carbonyl (C=O) groups excluding carboxylic acids is 4. The van der Waals surface area contributed by atoms with Crippen LogP contribution in [0.4, 0.5) is 0 Å². The highest BCUT2D eigenvalue weighted by atomic mass is 16.2. The van der Waals surface area contributed by atoms with Crippen molar-refractivity contribution in [2.75, 3.05) is 13.1 Å². The van der Waals surface area contributed by atoms with Crippen LogP contribution in [0.3, 0.4) is 0 Å². The maximum absolute atomic E-state index is 13.7. The molecule has 0 atom stereocenters. The van der Waals surface area contributed by atoms with Gasteiger partial charge in [-0.3, -0.25) is 39.6 Å². The fourth-order valence-corrected chi connectivity index (χ4v) is 11.4. The van der Waals surface area contributed by atoms with Crippen LogP contribution in [0.25, 0.3) is 0 Å². The molecule has 6 aliphatic rings.